The molecule has 0 spiro atoms. The molecule has 2 heterocycles. The lowest BCUT2D eigenvalue weighted by atomic mass is 10.3. The molecule has 20 heavy (non-hydrogen) atoms. The number of carbonyl (C=O) groups is 1. The van der Waals surface area contributed by atoms with Gasteiger partial charge in [0.2, 0.25) is 0 Å². The number of esters is 1. The van der Waals surface area contributed by atoms with Crippen molar-refractivity contribution >= 4 is 34.8 Å². The Morgan fingerprint density at radius 1 is 1.55 bits per heavy atom. The van der Waals surface area contributed by atoms with Crippen molar-refractivity contribution in [3.63, 3.8) is 0 Å². The summed E-state index contributed by atoms with van der Waals surface area (Å²) in [7, 11) is 0. The highest BCUT2D eigenvalue weighted by Gasteiger charge is 2.27. The van der Waals surface area contributed by atoms with Crippen molar-refractivity contribution in [3.8, 4) is 5.69 Å². The predicted molar refractivity (Wildman–Crippen MR) is 82.7 cm³/mol. The van der Waals surface area contributed by atoms with Crippen LogP contribution in [0.15, 0.2) is 28.7 Å². The highest BCUT2D eigenvalue weighted by atomic mass is 32.2. The molecule has 0 aliphatic carbocycles. The van der Waals surface area contributed by atoms with Crippen LogP contribution in [0.2, 0.25) is 0 Å². The van der Waals surface area contributed by atoms with E-state index in [0.717, 1.165) is 15.5 Å². The highest BCUT2D eigenvalue weighted by molar-refractivity contribution is 8.00. The summed E-state index contributed by atoms with van der Waals surface area (Å²) >= 11 is 2.95. The van der Waals surface area contributed by atoms with E-state index in [-0.39, 0.29) is 5.97 Å². The molecular weight excluding hydrogens is 292 g/mol. The minimum atomic E-state index is -0.357. The van der Waals surface area contributed by atoms with E-state index in [1.54, 1.807) is 18.7 Å². The van der Waals surface area contributed by atoms with E-state index in [4.69, 9.17) is 10.5 Å². The first-order valence-electron chi connectivity index (χ1n) is 6.20. The zero-order chi connectivity index (χ0) is 14.7. The summed E-state index contributed by atoms with van der Waals surface area (Å²) in [6, 6.07) is 3.98. The zero-order valence-corrected chi connectivity index (χ0v) is 13.3. The van der Waals surface area contributed by atoms with Gasteiger partial charge in [0.25, 0.3) is 5.69 Å². The van der Waals surface area contributed by atoms with Gasteiger partial charge in [-0.05, 0) is 26.2 Å². The zero-order valence-electron chi connectivity index (χ0n) is 11.7. The largest absolute Gasteiger partial charge is 0.462 e. The predicted octanol–water partition coefficient (Wildman–Crippen LogP) is 2.81. The number of thioether (sulfide) groups is 1. The monoisotopic (exact) mass is 309 g/mol. The third-order valence-corrected chi connectivity index (χ3v) is 5.02. The lowest BCUT2D eigenvalue weighted by Crippen LogP contribution is -2.31. The molecule has 2 N–H and O–H groups in total. The number of aromatic nitrogens is 1. The van der Waals surface area contributed by atoms with Crippen LogP contribution in [0.25, 0.3) is 5.69 Å². The maximum atomic E-state index is 11.9. The lowest BCUT2D eigenvalue weighted by Gasteiger charge is -2.00. The molecule has 6 heteroatoms. The van der Waals surface area contributed by atoms with Gasteiger partial charge in [0.15, 0.2) is 12.4 Å². The second kappa shape index (κ2) is 6.28. The molecule has 0 saturated heterocycles. The van der Waals surface area contributed by atoms with Gasteiger partial charge in [0.1, 0.15) is 14.8 Å². The molecule has 0 atom stereocenters. The Balaban J connectivity index is 2.55. The van der Waals surface area contributed by atoms with E-state index in [9.17, 15) is 4.79 Å². The van der Waals surface area contributed by atoms with Crippen LogP contribution < -0.4 is 10.3 Å². The van der Waals surface area contributed by atoms with Crippen LogP contribution in [0.5, 0.6) is 0 Å². The van der Waals surface area contributed by atoms with Crippen molar-refractivity contribution < 1.29 is 14.1 Å². The number of ether oxygens (including phenoxy) is 1. The lowest BCUT2D eigenvalue weighted by molar-refractivity contribution is -0.597. The fourth-order valence-electron chi connectivity index (χ4n) is 1.88. The van der Waals surface area contributed by atoms with Crippen LogP contribution in [0.4, 0.5) is 5.69 Å². The number of thiophene rings is 1. The topological polar surface area (TPSA) is 56.2 Å². The summed E-state index contributed by atoms with van der Waals surface area (Å²) in [4.78, 5) is 12.4. The van der Waals surface area contributed by atoms with Gasteiger partial charge >= 0.3 is 5.97 Å². The number of aryl methyl sites for hydroxylation is 1. The van der Waals surface area contributed by atoms with E-state index in [2.05, 4.69) is 0 Å². The first-order valence-corrected chi connectivity index (χ1v) is 8.24. The summed E-state index contributed by atoms with van der Waals surface area (Å²) in [5.41, 5.74) is 8.63. The average molecular weight is 309 g/mol. The molecule has 4 nitrogen and oxygen atoms in total. The summed E-state index contributed by atoms with van der Waals surface area (Å²) in [5, 5.41) is 0. The molecule has 0 aliphatic heterocycles. The van der Waals surface area contributed by atoms with Gasteiger partial charge in [0, 0.05) is 11.6 Å². The number of hydrogen-bond acceptors (Lipinski definition) is 5. The van der Waals surface area contributed by atoms with Gasteiger partial charge in [-0.1, -0.05) is 0 Å². The van der Waals surface area contributed by atoms with Gasteiger partial charge in [-0.2, -0.15) is 4.57 Å². The number of nitrogens with two attached hydrogens (primary N) is 1. The minimum Gasteiger partial charge on any atom is -0.462 e. The summed E-state index contributed by atoms with van der Waals surface area (Å²) in [6.45, 7) is 4.15. The fourth-order valence-corrected chi connectivity index (χ4v) is 3.72. The first kappa shape index (κ1) is 14.9. The van der Waals surface area contributed by atoms with Crippen LogP contribution in [-0.2, 0) is 4.74 Å². The summed E-state index contributed by atoms with van der Waals surface area (Å²) in [6.07, 6.45) is 5.90. The molecule has 0 radical (unpaired) electrons. The molecule has 2 aromatic heterocycles. The van der Waals surface area contributed by atoms with Crippen LogP contribution in [0, 0.1) is 6.92 Å². The Morgan fingerprint density at radius 3 is 2.90 bits per heavy atom. The van der Waals surface area contributed by atoms with Crippen LogP contribution in [-0.4, -0.2) is 18.8 Å². The third kappa shape index (κ3) is 2.81. The Hall–Kier alpha value is -1.53. The van der Waals surface area contributed by atoms with Crippen molar-refractivity contribution in [2.45, 2.75) is 18.1 Å². The van der Waals surface area contributed by atoms with Crippen molar-refractivity contribution in [1.82, 2.24) is 0 Å². The molecule has 106 valence electrons. The third-order valence-electron chi connectivity index (χ3n) is 2.74. The fraction of sp³-hybridized carbons (Fsp3) is 0.286. The molecule has 0 fully saturated rings. The van der Waals surface area contributed by atoms with E-state index in [1.165, 1.54) is 11.3 Å². The molecular formula is C14H17N2O2S2+. The number of carbonyl (C=O) groups excluding carboxylic acids is 1. The quantitative estimate of drug-likeness (QED) is 0.536. The number of nitrogens with zero attached hydrogens (tertiary/aromatic N) is 1. The Kier molecular flexibility index (Phi) is 4.67. The average Bonchev–Trinajstić information content (AvgIpc) is 2.76. The Bertz CT molecular complexity index is 638. The Labute approximate surface area is 126 Å². The van der Waals surface area contributed by atoms with Gasteiger partial charge in [-0.15, -0.1) is 23.1 Å². The maximum Gasteiger partial charge on any atom is 0.350 e. The molecule has 0 amide bonds. The molecule has 0 aromatic carbocycles. The number of anilines is 1. The maximum absolute atomic E-state index is 11.9. The van der Waals surface area contributed by atoms with E-state index in [1.807, 2.05) is 42.3 Å². The van der Waals surface area contributed by atoms with Crippen molar-refractivity contribution in [2.24, 2.45) is 0 Å². The van der Waals surface area contributed by atoms with Gasteiger partial charge < -0.3 is 10.5 Å². The number of hydrogen-bond donors (Lipinski definition) is 1. The van der Waals surface area contributed by atoms with Crippen LogP contribution in [0.1, 0.15) is 22.2 Å². The molecule has 0 saturated carbocycles. The molecule has 2 rings (SSSR count). The smallest absolute Gasteiger partial charge is 0.350 e. The highest BCUT2D eigenvalue weighted by Crippen LogP contribution is 2.37. The van der Waals surface area contributed by atoms with E-state index >= 15 is 0 Å². The summed E-state index contributed by atoms with van der Waals surface area (Å²) in [5.74, 6) is -0.357. The van der Waals surface area contributed by atoms with Crippen molar-refractivity contribution in [3.05, 3.63) is 35.0 Å². The van der Waals surface area contributed by atoms with Crippen molar-refractivity contribution in [2.75, 3.05) is 18.6 Å². The molecule has 0 bridgehead atoms. The SMILES string of the molecule is CCOC(=O)c1sc(SC)c(-[n+]2cccc(C)c2)c1N. The normalized spacial score (nSPS) is 10.6. The van der Waals surface area contributed by atoms with E-state index in [0.29, 0.717) is 17.2 Å². The minimum absolute atomic E-state index is 0.345. The number of nitrogen functional groups attached to an aromatic ring is 1. The standard InChI is InChI=1S/C14H16N2O2S2/c1-4-18-13(17)12-10(15)11(14(19-3)20-12)16-7-5-6-9(2)8-16/h5-8H,4H2,1-3H3,(H-,15,17)/p+1. The van der Waals surface area contributed by atoms with Crippen LogP contribution in [0.3, 0.4) is 0 Å². The van der Waals surface area contributed by atoms with Crippen molar-refractivity contribution in [1.29, 1.82) is 0 Å². The Morgan fingerprint density at radius 2 is 2.30 bits per heavy atom. The first-order chi connectivity index (χ1) is 9.58. The molecule has 2 aromatic rings. The summed E-state index contributed by atoms with van der Waals surface area (Å²) < 4.78 is 8.01. The van der Waals surface area contributed by atoms with E-state index < -0.39 is 0 Å². The van der Waals surface area contributed by atoms with Gasteiger partial charge in [-0.25, -0.2) is 4.79 Å². The second-order valence-corrected chi connectivity index (χ2v) is 6.29. The number of pyridine rings is 1. The van der Waals surface area contributed by atoms with Gasteiger partial charge in [-0.3, -0.25) is 0 Å². The molecule has 0 unspecified atom stereocenters. The molecule has 0 aliphatic rings. The number of rotatable bonds is 4. The van der Waals surface area contributed by atoms with Crippen LogP contribution >= 0.6 is 23.1 Å². The van der Waals surface area contributed by atoms with Gasteiger partial charge in [0.05, 0.1) is 6.61 Å². The second-order valence-electron chi connectivity index (χ2n) is 4.19.